The van der Waals surface area contributed by atoms with E-state index in [0.717, 1.165) is 34.6 Å². The standard InChI is InChI=1S/C15H18ClN3OS/c16-10-3-4-13-12(8-10)19-15(21-13)5-7-18-14(20)9-11-2-1-6-17-11/h3-4,8,11,17H,1-2,5-7,9H2,(H,18,20). The molecule has 0 saturated carbocycles. The minimum absolute atomic E-state index is 0.124. The summed E-state index contributed by atoms with van der Waals surface area (Å²) >= 11 is 7.61. The fourth-order valence-electron chi connectivity index (χ4n) is 2.59. The molecule has 1 unspecified atom stereocenters. The summed E-state index contributed by atoms with van der Waals surface area (Å²) in [6, 6.07) is 6.10. The summed E-state index contributed by atoms with van der Waals surface area (Å²) in [5, 5.41) is 8.05. The van der Waals surface area contributed by atoms with E-state index in [-0.39, 0.29) is 5.91 Å². The van der Waals surface area contributed by atoms with Crippen LogP contribution in [0.2, 0.25) is 5.02 Å². The number of hydrogen-bond donors (Lipinski definition) is 2. The fourth-order valence-corrected chi connectivity index (χ4v) is 3.70. The smallest absolute Gasteiger partial charge is 0.221 e. The van der Waals surface area contributed by atoms with Crippen molar-refractivity contribution in [3.8, 4) is 0 Å². The van der Waals surface area contributed by atoms with Crippen molar-refractivity contribution >= 4 is 39.1 Å². The van der Waals surface area contributed by atoms with E-state index in [9.17, 15) is 4.79 Å². The maximum Gasteiger partial charge on any atom is 0.221 e. The van der Waals surface area contributed by atoms with Gasteiger partial charge < -0.3 is 10.6 Å². The molecule has 1 amide bonds. The molecule has 0 aliphatic carbocycles. The van der Waals surface area contributed by atoms with Crippen LogP contribution >= 0.6 is 22.9 Å². The van der Waals surface area contributed by atoms with Crippen LogP contribution in [0.15, 0.2) is 18.2 Å². The number of thiazole rings is 1. The van der Waals surface area contributed by atoms with Crippen molar-refractivity contribution in [2.24, 2.45) is 0 Å². The van der Waals surface area contributed by atoms with Crippen molar-refractivity contribution in [1.29, 1.82) is 0 Å². The van der Waals surface area contributed by atoms with E-state index in [2.05, 4.69) is 15.6 Å². The lowest BCUT2D eigenvalue weighted by Crippen LogP contribution is -2.32. The van der Waals surface area contributed by atoms with Crippen LogP contribution in [0.5, 0.6) is 0 Å². The molecular weight excluding hydrogens is 306 g/mol. The highest BCUT2D eigenvalue weighted by atomic mass is 35.5. The van der Waals surface area contributed by atoms with Gasteiger partial charge in [-0.15, -0.1) is 11.3 Å². The van der Waals surface area contributed by atoms with E-state index in [1.807, 2.05) is 18.2 Å². The van der Waals surface area contributed by atoms with Crippen molar-refractivity contribution in [2.75, 3.05) is 13.1 Å². The molecular formula is C15H18ClN3OS. The maximum atomic E-state index is 11.8. The van der Waals surface area contributed by atoms with Crippen molar-refractivity contribution in [3.63, 3.8) is 0 Å². The number of amides is 1. The lowest BCUT2D eigenvalue weighted by molar-refractivity contribution is -0.121. The molecule has 21 heavy (non-hydrogen) atoms. The molecule has 1 fully saturated rings. The highest BCUT2D eigenvalue weighted by Crippen LogP contribution is 2.25. The Morgan fingerprint density at radius 2 is 2.43 bits per heavy atom. The Hall–Kier alpha value is -1.17. The average molecular weight is 324 g/mol. The molecule has 2 aromatic rings. The van der Waals surface area contributed by atoms with Crippen molar-refractivity contribution in [3.05, 3.63) is 28.2 Å². The molecule has 1 aromatic heterocycles. The first kappa shape index (κ1) is 14.8. The van der Waals surface area contributed by atoms with E-state index < -0.39 is 0 Å². The van der Waals surface area contributed by atoms with Gasteiger partial charge in [0.1, 0.15) is 0 Å². The van der Waals surface area contributed by atoms with Crippen LogP contribution < -0.4 is 10.6 Å². The van der Waals surface area contributed by atoms with Crippen LogP contribution in [0, 0.1) is 0 Å². The summed E-state index contributed by atoms with van der Waals surface area (Å²) in [5.74, 6) is 0.124. The fraction of sp³-hybridized carbons (Fsp3) is 0.467. The second kappa shape index (κ2) is 6.73. The highest BCUT2D eigenvalue weighted by Gasteiger charge is 2.17. The molecule has 3 rings (SSSR count). The van der Waals surface area contributed by atoms with Crippen molar-refractivity contribution in [1.82, 2.24) is 15.6 Å². The molecule has 6 heteroatoms. The molecule has 112 valence electrons. The minimum Gasteiger partial charge on any atom is -0.356 e. The Morgan fingerprint density at radius 1 is 1.52 bits per heavy atom. The first-order valence-corrected chi connectivity index (χ1v) is 8.45. The predicted molar refractivity (Wildman–Crippen MR) is 87.0 cm³/mol. The van der Waals surface area contributed by atoms with E-state index in [1.165, 1.54) is 6.42 Å². The van der Waals surface area contributed by atoms with Gasteiger partial charge >= 0.3 is 0 Å². The molecule has 0 bridgehead atoms. The van der Waals surface area contributed by atoms with Crippen LogP contribution in [-0.4, -0.2) is 30.0 Å². The number of halogens is 1. The Balaban J connectivity index is 1.48. The second-order valence-corrected chi connectivity index (χ2v) is 6.87. The largest absolute Gasteiger partial charge is 0.356 e. The van der Waals surface area contributed by atoms with Crippen molar-refractivity contribution < 1.29 is 4.79 Å². The molecule has 4 nitrogen and oxygen atoms in total. The monoisotopic (exact) mass is 323 g/mol. The van der Waals surface area contributed by atoms with Gasteiger partial charge in [0.15, 0.2) is 0 Å². The van der Waals surface area contributed by atoms with Gasteiger partial charge in [-0.2, -0.15) is 0 Å². The molecule has 0 radical (unpaired) electrons. The second-order valence-electron chi connectivity index (χ2n) is 5.32. The van der Waals surface area contributed by atoms with Crippen LogP contribution in [0.3, 0.4) is 0 Å². The normalized spacial score (nSPS) is 18.2. The Morgan fingerprint density at radius 3 is 3.24 bits per heavy atom. The average Bonchev–Trinajstić information content (AvgIpc) is 3.07. The van der Waals surface area contributed by atoms with Gasteiger partial charge in [-0.3, -0.25) is 4.79 Å². The first-order valence-electron chi connectivity index (χ1n) is 7.26. The van der Waals surface area contributed by atoms with Gasteiger partial charge in [0.05, 0.1) is 15.2 Å². The lowest BCUT2D eigenvalue weighted by Gasteiger charge is -2.09. The third-order valence-electron chi connectivity index (χ3n) is 3.65. The molecule has 1 saturated heterocycles. The molecule has 1 aromatic carbocycles. The number of fused-ring (bicyclic) bond motifs is 1. The molecule has 2 N–H and O–H groups in total. The Kier molecular flexibility index (Phi) is 4.73. The SMILES string of the molecule is O=C(CC1CCCN1)NCCc1nc2cc(Cl)ccc2s1. The maximum absolute atomic E-state index is 11.8. The lowest BCUT2D eigenvalue weighted by atomic mass is 10.1. The van der Waals surface area contributed by atoms with Gasteiger partial charge in [-0.1, -0.05) is 11.6 Å². The minimum atomic E-state index is 0.124. The molecule has 2 heterocycles. The number of rotatable bonds is 5. The van der Waals surface area contributed by atoms with E-state index in [4.69, 9.17) is 11.6 Å². The summed E-state index contributed by atoms with van der Waals surface area (Å²) < 4.78 is 1.14. The van der Waals surface area contributed by atoms with Crippen LogP contribution in [0.4, 0.5) is 0 Å². The molecule has 1 aliphatic rings. The summed E-state index contributed by atoms with van der Waals surface area (Å²) in [6.45, 7) is 1.67. The molecule has 1 atom stereocenters. The molecule has 1 aliphatic heterocycles. The van der Waals surface area contributed by atoms with Gasteiger partial charge in [0.2, 0.25) is 5.91 Å². The number of nitrogens with zero attached hydrogens (tertiary/aromatic N) is 1. The zero-order valence-corrected chi connectivity index (χ0v) is 13.3. The number of aromatic nitrogens is 1. The number of benzene rings is 1. The Bertz CT molecular complexity index is 637. The third-order valence-corrected chi connectivity index (χ3v) is 4.98. The van der Waals surface area contributed by atoms with E-state index >= 15 is 0 Å². The highest BCUT2D eigenvalue weighted by molar-refractivity contribution is 7.18. The zero-order valence-electron chi connectivity index (χ0n) is 11.7. The number of carbonyl (C=O) groups excluding carboxylic acids is 1. The van der Waals surface area contributed by atoms with Gasteiger partial charge in [0.25, 0.3) is 0 Å². The topological polar surface area (TPSA) is 54.0 Å². The third kappa shape index (κ3) is 3.93. The van der Waals surface area contributed by atoms with Gasteiger partial charge in [0, 0.05) is 30.5 Å². The van der Waals surface area contributed by atoms with Crippen LogP contribution in [-0.2, 0) is 11.2 Å². The van der Waals surface area contributed by atoms with E-state index in [0.29, 0.717) is 24.0 Å². The van der Waals surface area contributed by atoms with E-state index in [1.54, 1.807) is 11.3 Å². The number of nitrogens with one attached hydrogen (secondary N) is 2. The van der Waals surface area contributed by atoms with Crippen molar-refractivity contribution in [2.45, 2.75) is 31.7 Å². The van der Waals surface area contributed by atoms with Gasteiger partial charge in [-0.05, 0) is 37.6 Å². The number of carbonyl (C=O) groups is 1. The zero-order chi connectivity index (χ0) is 14.7. The summed E-state index contributed by atoms with van der Waals surface area (Å²) in [7, 11) is 0. The summed E-state index contributed by atoms with van der Waals surface area (Å²) in [6.07, 6.45) is 3.62. The number of hydrogen-bond acceptors (Lipinski definition) is 4. The Labute approximate surface area is 132 Å². The summed E-state index contributed by atoms with van der Waals surface area (Å²) in [5.41, 5.74) is 0.934. The quantitative estimate of drug-likeness (QED) is 0.889. The molecule has 0 spiro atoms. The van der Waals surface area contributed by atoms with Gasteiger partial charge in [-0.25, -0.2) is 4.98 Å². The van der Waals surface area contributed by atoms with Crippen LogP contribution in [0.1, 0.15) is 24.3 Å². The first-order chi connectivity index (χ1) is 10.2. The van der Waals surface area contributed by atoms with Crippen LogP contribution in [0.25, 0.3) is 10.2 Å². The predicted octanol–water partition coefficient (Wildman–Crippen LogP) is 2.75. The summed E-state index contributed by atoms with van der Waals surface area (Å²) in [4.78, 5) is 16.4.